The molecule has 78 valence electrons. The van der Waals surface area contributed by atoms with Gasteiger partial charge >= 0.3 is 19.4 Å². The second kappa shape index (κ2) is 3.27. The van der Waals surface area contributed by atoms with Crippen molar-refractivity contribution in [1.82, 2.24) is 0 Å². The van der Waals surface area contributed by atoms with Crippen LogP contribution in [0.3, 0.4) is 0 Å². The highest BCUT2D eigenvalue weighted by molar-refractivity contribution is 7.75. The van der Waals surface area contributed by atoms with Gasteiger partial charge < -0.3 is 0 Å². The van der Waals surface area contributed by atoms with Crippen LogP contribution in [0.15, 0.2) is 22.5 Å². The van der Waals surface area contributed by atoms with Gasteiger partial charge in [0.15, 0.2) is 0 Å². The minimum atomic E-state index is -6.05. The maximum absolute atomic E-state index is 12.6. The fourth-order valence-corrected chi connectivity index (χ4v) is 1.93. The fraction of sp³-hybridized carbons (Fsp3) is 0. The molecule has 14 heavy (non-hydrogen) atoms. The van der Waals surface area contributed by atoms with Crippen molar-refractivity contribution in [3.63, 3.8) is 0 Å². The minimum absolute atomic E-state index is 2.21. The molecule has 1 heterocycles. The van der Waals surface area contributed by atoms with Crippen molar-refractivity contribution in [2.24, 2.45) is 0 Å². The van der Waals surface area contributed by atoms with Crippen LogP contribution < -0.4 is 0 Å². The molecule has 0 spiro atoms. The number of carbonyl (C=O) groups is 1. The van der Waals surface area contributed by atoms with Gasteiger partial charge in [-0.3, -0.25) is 0 Å². The van der Waals surface area contributed by atoms with Gasteiger partial charge in [0, 0.05) is 4.53 Å². The van der Waals surface area contributed by atoms with Crippen LogP contribution in [-0.2, 0) is 9.74 Å². The molecule has 0 aromatic heterocycles. The van der Waals surface area contributed by atoms with Gasteiger partial charge in [-0.25, -0.2) is 9.74 Å². The van der Waals surface area contributed by atoms with Crippen molar-refractivity contribution in [3.8, 4) is 0 Å². The number of hydrogen-bond acceptors (Lipinski definition) is 2. The van der Waals surface area contributed by atoms with Crippen molar-refractivity contribution in [2.45, 2.75) is 0 Å². The molecule has 0 amide bonds. The normalized spacial score (nSPS) is 20.4. The zero-order valence-electron chi connectivity index (χ0n) is 6.03. The van der Waals surface area contributed by atoms with Gasteiger partial charge in [-0.1, -0.05) is 0 Å². The average molecular weight is 237 g/mol. The first-order chi connectivity index (χ1) is 6.34. The Morgan fingerprint density at radius 1 is 1.14 bits per heavy atom. The van der Waals surface area contributed by atoms with Crippen LogP contribution in [0.4, 0.5) is 26.1 Å². The molecule has 0 fully saturated rings. The number of halogens is 6. The SMILES string of the molecule is O=C(OF)C1=C(F)C(F)=C(F)[P+]1(F)F. The van der Waals surface area contributed by atoms with Crippen LogP contribution in [0.2, 0.25) is 0 Å². The van der Waals surface area contributed by atoms with Crippen LogP contribution in [-0.4, -0.2) is 5.97 Å². The van der Waals surface area contributed by atoms with E-state index in [2.05, 4.69) is 4.94 Å². The summed E-state index contributed by atoms with van der Waals surface area (Å²) in [4.78, 5) is 12.5. The first kappa shape index (κ1) is 11.0. The second-order valence-electron chi connectivity index (χ2n) is 2.15. The summed E-state index contributed by atoms with van der Waals surface area (Å²) in [5.74, 6) is -7.32. The molecular formula is C5F6O2P+. The lowest BCUT2D eigenvalue weighted by atomic mass is 10.4. The summed E-state index contributed by atoms with van der Waals surface area (Å²) < 4.78 is 73.4. The molecule has 0 aliphatic carbocycles. The Balaban J connectivity index is 3.29. The van der Waals surface area contributed by atoms with E-state index in [-0.39, 0.29) is 0 Å². The monoisotopic (exact) mass is 237 g/mol. The molecule has 0 N–H and O–H groups in total. The number of carbonyl (C=O) groups excluding carboxylic acids is 1. The molecule has 0 aromatic rings. The van der Waals surface area contributed by atoms with Gasteiger partial charge in [0.05, 0.1) is 0 Å². The molecule has 1 rings (SSSR count). The summed E-state index contributed by atoms with van der Waals surface area (Å²) in [6, 6.07) is 0. The summed E-state index contributed by atoms with van der Waals surface area (Å²) in [5, 5.41) is -2.21. The topological polar surface area (TPSA) is 26.3 Å². The summed E-state index contributed by atoms with van der Waals surface area (Å²) >= 11 is 0. The largest absolute Gasteiger partial charge is 0.494 e. The summed E-state index contributed by atoms with van der Waals surface area (Å²) in [7, 11) is -6.05. The lowest BCUT2D eigenvalue weighted by Crippen LogP contribution is -2.02. The number of hydrogen-bond donors (Lipinski definition) is 0. The molecule has 0 atom stereocenters. The maximum Gasteiger partial charge on any atom is 0.494 e. The Labute approximate surface area is 73.3 Å². The Bertz CT molecular complexity index is 359. The van der Waals surface area contributed by atoms with E-state index in [1.165, 1.54) is 0 Å². The highest BCUT2D eigenvalue weighted by Crippen LogP contribution is 2.80. The van der Waals surface area contributed by atoms with Crippen LogP contribution in [0.25, 0.3) is 0 Å². The highest BCUT2D eigenvalue weighted by atomic mass is 31.2. The first-order valence-electron chi connectivity index (χ1n) is 2.91. The number of rotatable bonds is 1. The van der Waals surface area contributed by atoms with E-state index in [0.717, 1.165) is 0 Å². The Hall–Kier alpha value is -1.04. The molecule has 0 bridgehead atoms. The second-order valence-corrected chi connectivity index (χ2v) is 4.01. The van der Waals surface area contributed by atoms with Gasteiger partial charge in [0.2, 0.25) is 11.7 Å². The Morgan fingerprint density at radius 2 is 1.64 bits per heavy atom. The van der Waals surface area contributed by atoms with Crippen molar-refractivity contribution in [2.75, 3.05) is 0 Å². The van der Waals surface area contributed by atoms with Crippen molar-refractivity contribution in [1.29, 1.82) is 0 Å². The van der Waals surface area contributed by atoms with Gasteiger partial charge in [-0.2, -0.15) is 13.2 Å². The first-order valence-corrected chi connectivity index (χ1v) is 4.49. The molecule has 2 nitrogen and oxygen atoms in total. The van der Waals surface area contributed by atoms with E-state index in [1.54, 1.807) is 0 Å². The van der Waals surface area contributed by atoms with E-state index in [9.17, 15) is 30.9 Å². The van der Waals surface area contributed by atoms with Crippen molar-refractivity contribution >= 4 is 13.9 Å². The Kier molecular flexibility index (Phi) is 2.58. The maximum atomic E-state index is 12.6. The zero-order valence-corrected chi connectivity index (χ0v) is 6.93. The quantitative estimate of drug-likeness (QED) is 0.515. The van der Waals surface area contributed by atoms with Gasteiger partial charge in [-0.05, 0) is 8.39 Å². The van der Waals surface area contributed by atoms with E-state index in [4.69, 9.17) is 0 Å². The predicted molar refractivity (Wildman–Crippen MR) is 33.7 cm³/mol. The summed E-state index contributed by atoms with van der Waals surface area (Å²) in [6.45, 7) is 0. The molecular weight excluding hydrogens is 237 g/mol. The average Bonchev–Trinajstić information content (AvgIpc) is 2.27. The molecule has 0 saturated carbocycles. The third-order valence-corrected chi connectivity index (χ3v) is 3.00. The lowest BCUT2D eigenvalue weighted by Gasteiger charge is -1.96. The third-order valence-electron chi connectivity index (χ3n) is 1.37. The van der Waals surface area contributed by atoms with E-state index >= 15 is 0 Å². The molecule has 9 heteroatoms. The van der Waals surface area contributed by atoms with Crippen LogP contribution in [0.1, 0.15) is 0 Å². The number of allylic oxidation sites excluding steroid dienone is 2. The zero-order chi connectivity index (χ0) is 11.1. The molecule has 0 aromatic carbocycles. The standard InChI is InChI=1S/C5F6O2P/c6-1-2(7)4(8)14(10,11)3(1)5(12)13-9/q+1. The highest BCUT2D eigenvalue weighted by Gasteiger charge is 2.67. The van der Waals surface area contributed by atoms with Crippen LogP contribution in [0, 0.1) is 0 Å². The third kappa shape index (κ3) is 1.30. The molecule has 0 radical (unpaired) electrons. The summed E-state index contributed by atoms with van der Waals surface area (Å²) in [5.41, 5.74) is -2.67. The molecule has 0 saturated heterocycles. The fourth-order valence-electron chi connectivity index (χ4n) is 0.780. The van der Waals surface area contributed by atoms with Gasteiger partial charge in [0.25, 0.3) is 5.31 Å². The molecule has 1 aliphatic rings. The smallest absolute Gasteiger partial charge is 0.245 e. The lowest BCUT2D eigenvalue weighted by molar-refractivity contribution is -0.177. The molecule has 0 unspecified atom stereocenters. The van der Waals surface area contributed by atoms with Crippen molar-refractivity contribution < 1.29 is 35.8 Å². The van der Waals surface area contributed by atoms with Crippen molar-refractivity contribution in [3.05, 3.63) is 22.5 Å². The predicted octanol–water partition coefficient (Wildman–Crippen LogP) is 3.50. The van der Waals surface area contributed by atoms with E-state index in [1.807, 2.05) is 0 Å². The Morgan fingerprint density at radius 3 is 1.93 bits per heavy atom. The van der Waals surface area contributed by atoms with Crippen LogP contribution in [0.5, 0.6) is 0 Å². The molecule has 1 aliphatic heterocycles. The summed E-state index contributed by atoms with van der Waals surface area (Å²) in [6.07, 6.45) is 0. The van der Waals surface area contributed by atoms with E-state index in [0.29, 0.717) is 0 Å². The van der Waals surface area contributed by atoms with Crippen LogP contribution >= 0.6 is 7.88 Å². The van der Waals surface area contributed by atoms with Gasteiger partial charge in [-0.15, -0.1) is 0 Å². The minimum Gasteiger partial charge on any atom is -0.245 e. The van der Waals surface area contributed by atoms with E-state index < -0.39 is 36.4 Å². The van der Waals surface area contributed by atoms with Gasteiger partial charge in [0.1, 0.15) is 0 Å².